The smallest absolute Gasteiger partial charge is 0.313 e. The van der Waals surface area contributed by atoms with E-state index in [0.29, 0.717) is 19.6 Å². The predicted molar refractivity (Wildman–Crippen MR) is 91.4 cm³/mol. The molecule has 0 heterocycles. The summed E-state index contributed by atoms with van der Waals surface area (Å²) in [5.41, 5.74) is 14.3. The van der Waals surface area contributed by atoms with Crippen LogP contribution in [0.25, 0.3) is 0 Å². The molecule has 0 rings (SSSR count). The minimum Gasteiger partial charge on any atom is -0.481 e. The molecule has 0 fully saturated rings. The van der Waals surface area contributed by atoms with Crippen molar-refractivity contribution in [2.75, 3.05) is 51.0 Å². The van der Waals surface area contributed by atoms with Gasteiger partial charge in [-0.15, -0.1) is 0 Å². The van der Waals surface area contributed by atoms with Gasteiger partial charge < -0.3 is 42.7 Å². The molecule has 0 saturated heterocycles. The summed E-state index contributed by atoms with van der Waals surface area (Å²) < 4.78 is 0. The monoisotopic (exact) mass is 367 g/mol. The van der Waals surface area contributed by atoms with Gasteiger partial charge in [0.05, 0.1) is 31.3 Å². The first-order valence-corrected chi connectivity index (χ1v) is 7.13. The highest BCUT2D eigenvalue weighted by molar-refractivity contribution is 7.81. The fraction of sp³-hybridized carbons (Fsp3) is 0.800. The molecule has 0 amide bonds. The normalized spacial score (nSPS) is 7.45. The molecule has 0 radical (unpaired) electrons. The zero-order valence-electron chi connectivity index (χ0n) is 12.3. The minimum atomic E-state index is -0.881. The van der Waals surface area contributed by atoms with Crippen LogP contribution in [0.3, 0.4) is 0 Å². The van der Waals surface area contributed by atoms with Crippen molar-refractivity contribution in [1.29, 1.82) is 0 Å². The van der Waals surface area contributed by atoms with Crippen molar-refractivity contribution in [2.24, 2.45) is 17.2 Å². The second-order valence-corrected chi connectivity index (χ2v) is 3.27. The van der Waals surface area contributed by atoms with Crippen molar-refractivity contribution in [3.05, 3.63) is 0 Å². The Bertz CT molecular complexity index is 174. The lowest BCUT2D eigenvalue weighted by molar-refractivity contribution is -0.134. The molecule has 10 nitrogen and oxygen atoms in total. The number of aliphatic carboxylic acids is 2. The van der Waals surface area contributed by atoms with Gasteiger partial charge in [-0.3, -0.25) is 9.59 Å². The lowest BCUT2D eigenvalue weighted by Crippen LogP contribution is -2.02. The molecule has 0 aromatic heterocycles. The number of aliphatic hydroxyl groups excluding tert-OH is 3. The number of carboxylic acids is 2. The summed E-state index contributed by atoms with van der Waals surface area (Å²) in [6.07, 6.45) is 0. The third-order valence-electron chi connectivity index (χ3n) is 0.658. The molecule has 11 N–H and O–H groups in total. The van der Waals surface area contributed by atoms with E-state index in [2.05, 4.69) is 25.3 Å². The van der Waals surface area contributed by atoms with Gasteiger partial charge in [0.15, 0.2) is 0 Å². The van der Waals surface area contributed by atoms with Crippen molar-refractivity contribution in [1.82, 2.24) is 0 Å². The van der Waals surface area contributed by atoms with Crippen LogP contribution in [0.4, 0.5) is 0 Å². The Morgan fingerprint density at radius 2 is 0.773 bits per heavy atom. The zero-order valence-corrected chi connectivity index (χ0v) is 14.1. The van der Waals surface area contributed by atoms with Crippen LogP contribution in [0.5, 0.6) is 0 Å². The van der Waals surface area contributed by atoms with Crippen molar-refractivity contribution in [3.8, 4) is 0 Å². The molecule has 0 atom stereocenters. The van der Waals surface area contributed by atoms with Gasteiger partial charge >= 0.3 is 11.9 Å². The first-order valence-electron chi connectivity index (χ1n) is 5.87. The van der Waals surface area contributed by atoms with Gasteiger partial charge in [0.2, 0.25) is 0 Å². The fourth-order valence-corrected chi connectivity index (χ4v) is 0. The van der Waals surface area contributed by atoms with E-state index in [9.17, 15) is 9.59 Å². The van der Waals surface area contributed by atoms with Crippen LogP contribution in [-0.2, 0) is 9.59 Å². The third-order valence-corrected chi connectivity index (χ3v) is 1.20. The molecule has 22 heavy (non-hydrogen) atoms. The maximum atomic E-state index is 9.29. The van der Waals surface area contributed by atoms with Crippen LogP contribution in [0.2, 0.25) is 0 Å². The number of carbonyl (C=O) groups is 2. The molecular formula is C10H29N3O7S2. The molecule has 0 aliphatic carbocycles. The van der Waals surface area contributed by atoms with E-state index in [1.54, 1.807) is 0 Å². The third kappa shape index (κ3) is 160. The summed E-state index contributed by atoms with van der Waals surface area (Å²) in [5.74, 6) is -1.93. The molecule has 0 aliphatic heterocycles. The summed E-state index contributed by atoms with van der Waals surface area (Å²) in [6, 6.07) is 0. The Hall–Kier alpha value is -0.600. The van der Waals surface area contributed by atoms with Crippen LogP contribution in [0.1, 0.15) is 0 Å². The quantitative estimate of drug-likeness (QED) is 0.220. The molecule has 0 unspecified atom stereocenters. The molecule has 138 valence electrons. The van der Waals surface area contributed by atoms with Crippen LogP contribution >= 0.6 is 25.3 Å². The second-order valence-electron chi connectivity index (χ2n) is 2.64. The van der Waals surface area contributed by atoms with E-state index in [-0.39, 0.29) is 31.3 Å². The predicted octanol–water partition coefficient (Wildman–Crippen LogP) is -3.19. The highest BCUT2D eigenvalue weighted by Gasteiger charge is 1.82. The average molecular weight is 367 g/mol. The molecule has 0 saturated carbocycles. The minimum absolute atomic E-state index is 0.0833. The Balaban J connectivity index is -0.0000000550. The second kappa shape index (κ2) is 42.8. The summed E-state index contributed by atoms with van der Waals surface area (Å²) in [7, 11) is 0. The van der Waals surface area contributed by atoms with E-state index >= 15 is 0 Å². The number of aliphatic hydroxyl groups is 3. The molecule has 0 aromatic rings. The number of hydrogen-bond donors (Lipinski definition) is 10. The standard InChI is InChI=1S/3C2H7NO.2C2H4O2S/c3*3-1-2-4;2*3-2(4)1-5/h3*4H,1-3H2;2*5H,1H2,(H,3,4). The highest BCUT2D eigenvalue weighted by atomic mass is 32.1. The largest absolute Gasteiger partial charge is 0.481 e. The van der Waals surface area contributed by atoms with E-state index in [0.717, 1.165) is 0 Å². The van der Waals surface area contributed by atoms with Gasteiger partial charge in [0.25, 0.3) is 0 Å². The van der Waals surface area contributed by atoms with Crippen molar-refractivity contribution < 1.29 is 35.1 Å². The SMILES string of the molecule is NCCO.NCCO.NCCO.O=C(O)CS.O=C(O)CS. The number of thiol groups is 2. The first kappa shape index (κ1) is 33.1. The van der Waals surface area contributed by atoms with Crippen LogP contribution in [0.15, 0.2) is 0 Å². The average Bonchev–Trinajstić information content (AvgIpc) is 2.55. The molecular weight excluding hydrogens is 338 g/mol. The van der Waals surface area contributed by atoms with E-state index < -0.39 is 11.9 Å². The Labute approximate surface area is 141 Å². The Morgan fingerprint density at radius 3 is 0.773 bits per heavy atom. The van der Waals surface area contributed by atoms with Gasteiger partial charge in [-0.05, 0) is 0 Å². The molecule has 0 aliphatic rings. The van der Waals surface area contributed by atoms with Gasteiger partial charge in [0.1, 0.15) is 0 Å². The number of hydrogen-bond acceptors (Lipinski definition) is 10. The van der Waals surface area contributed by atoms with Crippen LogP contribution in [0, 0.1) is 0 Å². The van der Waals surface area contributed by atoms with Crippen molar-refractivity contribution in [2.45, 2.75) is 0 Å². The van der Waals surface area contributed by atoms with Gasteiger partial charge in [-0.2, -0.15) is 25.3 Å². The Morgan fingerprint density at radius 1 is 0.682 bits per heavy atom. The number of carboxylic acid groups (broad SMARTS) is 2. The maximum Gasteiger partial charge on any atom is 0.313 e. The van der Waals surface area contributed by atoms with E-state index in [1.165, 1.54) is 0 Å². The van der Waals surface area contributed by atoms with Gasteiger partial charge in [-0.25, -0.2) is 0 Å². The Kier molecular flexibility index (Phi) is 64.4. The summed E-state index contributed by atoms with van der Waals surface area (Å²) in [5, 5.41) is 38.5. The lowest BCUT2D eigenvalue weighted by atomic mass is 10.8. The summed E-state index contributed by atoms with van der Waals surface area (Å²) in [4.78, 5) is 18.6. The summed E-state index contributed by atoms with van der Waals surface area (Å²) >= 11 is 6.83. The first-order chi connectivity index (χ1) is 10.3. The summed E-state index contributed by atoms with van der Waals surface area (Å²) in [6.45, 7) is 1.42. The van der Waals surface area contributed by atoms with Crippen LogP contribution < -0.4 is 17.2 Å². The van der Waals surface area contributed by atoms with Gasteiger partial charge in [0, 0.05) is 19.6 Å². The van der Waals surface area contributed by atoms with Crippen molar-refractivity contribution in [3.63, 3.8) is 0 Å². The molecule has 0 bridgehead atoms. The van der Waals surface area contributed by atoms with E-state index in [4.69, 9.17) is 42.7 Å². The molecule has 12 heteroatoms. The number of rotatable bonds is 5. The highest BCUT2D eigenvalue weighted by Crippen LogP contribution is 1.66. The topological polar surface area (TPSA) is 213 Å². The molecule has 0 aromatic carbocycles. The molecule has 0 spiro atoms. The van der Waals surface area contributed by atoms with Crippen LogP contribution in [-0.4, -0.2) is 88.4 Å². The maximum absolute atomic E-state index is 9.29. The zero-order chi connectivity index (χ0) is 18.8. The lowest BCUT2D eigenvalue weighted by Gasteiger charge is -1.71. The van der Waals surface area contributed by atoms with Gasteiger partial charge in [-0.1, -0.05) is 0 Å². The fourth-order valence-electron chi connectivity index (χ4n) is 0. The van der Waals surface area contributed by atoms with E-state index in [1.807, 2.05) is 0 Å². The van der Waals surface area contributed by atoms with Crippen molar-refractivity contribution >= 4 is 37.2 Å². The number of nitrogens with two attached hydrogens (primary N) is 3.